The van der Waals surface area contributed by atoms with Gasteiger partial charge in [-0.1, -0.05) is 51.0 Å². The van der Waals surface area contributed by atoms with Crippen LogP contribution in [0.1, 0.15) is 36.4 Å². The number of thiophene rings is 2. The zero-order valence-electron chi connectivity index (χ0n) is 15.3. The second kappa shape index (κ2) is 6.37. The Morgan fingerprint density at radius 3 is 1.35 bits per heavy atom. The summed E-state index contributed by atoms with van der Waals surface area (Å²) in [5.41, 5.74) is 0. The minimum Gasteiger partial charge on any atom is -0.140 e. The fourth-order valence-electron chi connectivity index (χ4n) is 4.11. The summed E-state index contributed by atoms with van der Waals surface area (Å²) in [6.45, 7) is 4.52. The van der Waals surface area contributed by atoms with E-state index < -0.39 is 0 Å². The van der Waals surface area contributed by atoms with Crippen molar-refractivity contribution in [1.29, 1.82) is 0 Å². The maximum absolute atomic E-state index is 2.42. The fourth-order valence-corrected chi connectivity index (χ4v) is 6.47. The Kier molecular flexibility index (Phi) is 3.99. The number of hydrogen-bond acceptors (Lipinski definition) is 2. The third-order valence-electron chi connectivity index (χ3n) is 5.29. The van der Waals surface area contributed by atoms with Gasteiger partial charge in [0.05, 0.1) is 0 Å². The van der Waals surface area contributed by atoms with E-state index in [4.69, 9.17) is 0 Å². The molecule has 0 aliphatic heterocycles. The van der Waals surface area contributed by atoms with Gasteiger partial charge in [0.2, 0.25) is 0 Å². The van der Waals surface area contributed by atoms with Gasteiger partial charge in [0.25, 0.3) is 0 Å². The number of aryl methyl sites for hydroxylation is 2. The third kappa shape index (κ3) is 2.47. The van der Waals surface area contributed by atoms with Gasteiger partial charge in [-0.05, 0) is 58.7 Å². The van der Waals surface area contributed by atoms with Crippen LogP contribution in [0, 0.1) is 0 Å². The molecule has 130 valence electrons. The van der Waals surface area contributed by atoms with Crippen LogP contribution in [0.3, 0.4) is 0 Å². The Labute approximate surface area is 162 Å². The van der Waals surface area contributed by atoms with Gasteiger partial charge in [0, 0.05) is 29.9 Å². The molecular formula is C24H22S2. The molecule has 5 aromatic rings. The van der Waals surface area contributed by atoms with Crippen molar-refractivity contribution < 1.29 is 0 Å². The molecule has 0 saturated carbocycles. The Balaban J connectivity index is 1.81. The van der Waals surface area contributed by atoms with Crippen molar-refractivity contribution in [2.45, 2.75) is 39.5 Å². The van der Waals surface area contributed by atoms with E-state index in [0.717, 1.165) is 0 Å². The van der Waals surface area contributed by atoms with Crippen molar-refractivity contribution in [3.8, 4) is 0 Å². The molecule has 0 saturated heterocycles. The van der Waals surface area contributed by atoms with Crippen molar-refractivity contribution in [3.05, 3.63) is 58.3 Å². The largest absolute Gasteiger partial charge is 0.140 e. The van der Waals surface area contributed by atoms with E-state index in [2.05, 4.69) is 62.4 Å². The van der Waals surface area contributed by atoms with Crippen LogP contribution >= 0.6 is 22.7 Å². The molecule has 0 radical (unpaired) electrons. The lowest BCUT2D eigenvalue weighted by Crippen LogP contribution is -1.79. The molecule has 0 bridgehead atoms. The van der Waals surface area contributed by atoms with Crippen LogP contribution in [0.25, 0.3) is 41.7 Å². The third-order valence-corrected chi connectivity index (χ3v) is 7.61. The van der Waals surface area contributed by atoms with Crippen LogP contribution in [0.2, 0.25) is 0 Å². The topological polar surface area (TPSA) is 0 Å². The van der Waals surface area contributed by atoms with Crippen molar-refractivity contribution in [2.75, 3.05) is 0 Å². The Morgan fingerprint density at radius 1 is 0.538 bits per heavy atom. The zero-order valence-corrected chi connectivity index (χ0v) is 16.9. The molecule has 0 nitrogen and oxygen atoms in total. The number of rotatable bonds is 4. The summed E-state index contributed by atoms with van der Waals surface area (Å²) < 4.78 is 2.84. The summed E-state index contributed by atoms with van der Waals surface area (Å²) in [7, 11) is 0. The summed E-state index contributed by atoms with van der Waals surface area (Å²) in [5.74, 6) is 0. The van der Waals surface area contributed by atoms with E-state index in [1.807, 2.05) is 22.7 Å². The molecule has 5 rings (SSSR count). The molecular weight excluding hydrogens is 352 g/mol. The van der Waals surface area contributed by atoms with Crippen molar-refractivity contribution >= 4 is 64.4 Å². The highest BCUT2D eigenvalue weighted by Gasteiger charge is 2.11. The minimum absolute atomic E-state index is 1.18. The molecule has 2 heteroatoms. The van der Waals surface area contributed by atoms with E-state index in [-0.39, 0.29) is 0 Å². The molecule has 0 aliphatic carbocycles. The molecule has 0 N–H and O–H groups in total. The van der Waals surface area contributed by atoms with E-state index in [1.54, 1.807) is 0 Å². The number of hydrogen-bond donors (Lipinski definition) is 0. The van der Waals surface area contributed by atoms with Crippen LogP contribution in [0.4, 0.5) is 0 Å². The second-order valence-electron chi connectivity index (χ2n) is 7.14. The smallest absolute Gasteiger partial charge is 0.0352 e. The first-order chi connectivity index (χ1) is 12.8. The zero-order chi connectivity index (χ0) is 17.7. The summed E-state index contributed by atoms with van der Waals surface area (Å²) >= 11 is 3.91. The summed E-state index contributed by atoms with van der Waals surface area (Å²) in [5, 5.41) is 8.43. The van der Waals surface area contributed by atoms with Crippen LogP contribution < -0.4 is 0 Å². The molecule has 2 aromatic heterocycles. The van der Waals surface area contributed by atoms with Crippen LogP contribution in [0.15, 0.2) is 48.5 Å². The Morgan fingerprint density at radius 2 is 0.923 bits per heavy atom. The quantitative estimate of drug-likeness (QED) is 0.277. The van der Waals surface area contributed by atoms with Crippen LogP contribution in [-0.4, -0.2) is 0 Å². The summed E-state index contributed by atoms with van der Waals surface area (Å²) in [6, 6.07) is 18.8. The monoisotopic (exact) mass is 374 g/mol. The van der Waals surface area contributed by atoms with Crippen molar-refractivity contribution in [3.63, 3.8) is 0 Å². The lowest BCUT2D eigenvalue weighted by molar-refractivity contribution is 0.941. The van der Waals surface area contributed by atoms with E-state index in [1.165, 1.54) is 77.2 Å². The molecule has 0 atom stereocenters. The SMILES string of the molecule is CCCc1cc2c(ccc3c2ccc2c4cc(CCC)sc4ccc23)s1. The van der Waals surface area contributed by atoms with E-state index in [9.17, 15) is 0 Å². The maximum Gasteiger partial charge on any atom is 0.0352 e. The molecule has 0 amide bonds. The minimum atomic E-state index is 1.18. The highest BCUT2D eigenvalue weighted by Crippen LogP contribution is 2.39. The fraction of sp³-hybridized carbons (Fsp3) is 0.250. The van der Waals surface area contributed by atoms with Gasteiger partial charge in [0.15, 0.2) is 0 Å². The van der Waals surface area contributed by atoms with Gasteiger partial charge in [-0.15, -0.1) is 22.7 Å². The van der Waals surface area contributed by atoms with Gasteiger partial charge in [-0.3, -0.25) is 0 Å². The van der Waals surface area contributed by atoms with Gasteiger partial charge >= 0.3 is 0 Å². The second-order valence-corrected chi connectivity index (χ2v) is 9.47. The summed E-state index contributed by atoms with van der Waals surface area (Å²) in [4.78, 5) is 3.01. The number of fused-ring (bicyclic) bond motifs is 7. The molecule has 0 aliphatic rings. The molecule has 0 unspecified atom stereocenters. The predicted octanol–water partition coefficient (Wildman–Crippen LogP) is 8.33. The molecule has 0 fully saturated rings. The lowest BCUT2D eigenvalue weighted by Gasteiger charge is -2.06. The Hall–Kier alpha value is -1.90. The van der Waals surface area contributed by atoms with E-state index >= 15 is 0 Å². The standard InChI is InChI=1S/C24H22S2/c1-3-5-15-13-21-19-7-8-20-18(17(19)9-11-23(21)25-15)10-12-24-22(20)14-16(26-24)6-4-2/h7-14H,3-6H2,1-2H3. The molecule has 3 aromatic carbocycles. The molecule has 26 heavy (non-hydrogen) atoms. The first-order valence-corrected chi connectivity index (χ1v) is 11.2. The molecule has 2 heterocycles. The summed E-state index contributed by atoms with van der Waals surface area (Å²) in [6.07, 6.45) is 4.79. The van der Waals surface area contributed by atoms with Gasteiger partial charge < -0.3 is 0 Å². The first kappa shape index (κ1) is 16.3. The first-order valence-electron chi connectivity index (χ1n) is 9.57. The van der Waals surface area contributed by atoms with Gasteiger partial charge in [-0.2, -0.15) is 0 Å². The highest BCUT2D eigenvalue weighted by molar-refractivity contribution is 7.19. The van der Waals surface area contributed by atoms with Crippen molar-refractivity contribution in [1.82, 2.24) is 0 Å². The lowest BCUT2D eigenvalue weighted by atomic mass is 9.98. The van der Waals surface area contributed by atoms with Crippen molar-refractivity contribution in [2.24, 2.45) is 0 Å². The Bertz CT molecular complexity index is 1150. The normalized spacial score (nSPS) is 12.1. The van der Waals surface area contributed by atoms with Crippen LogP contribution in [0.5, 0.6) is 0 Å². The molecule has 0 spiro atoms. The van der Waals surface area contributed by atoms with Crippen LogP contribution in [-0.2, 0) is 12.8 Å². The van der Waals surface area contributed by atoms with E-state index in [0.29, 0.717) is 0 Å². The number of benzene rings is 3. The average molecular weight is 375 g/mol. The predicted molar refractivity (Wildman–Crippen MR) is 120 cm³/mol. The maximum atomic E-state index is 2.42. The van der Waals surface area contributed by atoms with Gasteiger partial charge in [0.1, 0.15) is 0 Å². The average Bonchev–Trinajstić information content (AvgIpc) is 3.24. The van der Waals surface area contributed by atoms with Gasteiger partial charge in [-0.25, -0.2) is 0 Å². The highest BCUT2D eigenvalue weighted by atomic mass is 32.1.